The lowest BCUT2D eigenvalue weighted by molar-refractivity contribution is -0.132. The molecule has 158 valence electrons. The minimum Gasteiger partial charge on any atom is -0.484 e. The molecular weight excluding hydrogens is 366 g/mol. The van der Waals surface area contributed by atoms with Gasteiger partial charge < -0.3 is 19.5 Å². The molecule has 1 fully saturated rings. The zero-order chi connectivity index (χ0) is 20.6. The van der Waals surface area contributed by atoms with Crippen LogP contribution in [0.3, 0.4) is 0 Å². The number of hydrogen-bond donors (Lipinski definition) is 1. The Labute approximate surface area is 173 Å². The summed E-state index contributed by atoms with van der Waals surface area (Å²) in [5.41, 5.74) is 2.35. The van der Waals surface area contributed by atoms with Gasteiger partial charge in [0.05, 0.1) is 0 Å². The number of aromatic amines is 1. The lowest BCUT2D eigenvalue weighted by Gasteiger charge is -2.23. The number of nitrogens with one attached hydrogen (secondary N) is 1. The van der Waals surface area contributed by atoms with Crippen LogP contribution in [0, 0.1) is 6.92 Å². The number of carbonyl (C=O) groups is 1. The van der Waals surface area contributed by atoms with E-state index in [1.807, 2.05) is 30.2 Å². The van der Waals surface area contributed by atoms with Crippen molar-refractivity contribution in [1.82, 2.24) is 24.7 Å². The van der Waals surface area contributed by atoms with Crippen LogP contribution < -0.4 is 4.74 Å². The van der Waals surface area contributed by atoms with Crippen molar-refractivity contribution >= 4 is 5.91 Å². The molecule has 1 saturated heterocycles. The molecule has 0 aliphatic carbocycles. The fourth-order valence-electron chi connectivity index (χ4n) is 3.50. The van der Waals surface area contributed by atoms with Crippen molar-refractivity contribution < 1.29 is 9.53 Å². The number of amides is 1. The predicted molar refractivity (Wildman–Crippen MR) is 114 cm³/mol. The minimum absolute atomic E-state index is 0.0799. The van der Waals surface area contributed by atoms with Gasteiger partial charge in [-0.3, -0.25) is 9.69 Å². The van der Waals surface area contributed by atoms with Crippen LogP contribution in [0.1, 0.15) is 29.9 Å². The van der Waals surface area contributed by atoms with E-state index in [0.29, 0.717) is 0 Å². The molecule has 29 heavy (non-hydrogen) atoms. The average Bonchev–Trinajstić information content (AvgIpc) is 3.37. The first-order valence-corrected chi connectivity index (χ1v) is 10.4. The van der Waals surface area contributed by atoms with E-state index < -0.39 is 0 Å². The highest BCUT2D eigenvalue weighted by atomic mass is 16.5. The second-order valence-corrected chi connectivity index (χ2v) is 8.03. The number of likely N-dealkylation sites (tertiary alicyclic amines) is 1. The van der Waals surface area contributed by atoms with Gasteiger partial charge in [0, 0.05) is 51.2 Å². The van der Waals surface area contributed by atoms with E-state index in [4.69, 9.17) is 4.74 Å². The summed E-state index contributed by atoms with van der Waals surface area (Å²) in [7, 11) is 4.18. The molecule has 3 rings (SSSR count). The number of benzene rings is 1. The van der Waals surface area contributed by atoms with Gasteiger partial charge in [-0.25, -0.2) is 4.98 Å². The van der Waals surface area contributed by atoms with Gasteiger partial charge in [0.2, 0.25) is 0 Å². The molecule has 0 atom stereocenters. The maximum absolute atomic E-state index is 12.1. The summed E-state index contributed by atoms with van der Waals surface area (Å²) in [5.74, 6) is 1.76. The number of H-pyrrole nitrogens is 1. The normalized spacial score (nSPS) is 14.2. The molecule has 0 spiro atoms. The summed E-state index contributed by atoms with van der Waals surface area (Å²) in [5, 5.41) is 0. The Morgan fingerprint density at radius 1 is 1.14 bits per heavy atom. The lowest BCUT2D eigenvalue weighted by atomic mass is 10.2. The molecule has 1 amide bonds. The van der Waals surface area contributed by atoms with Crippen LogP contribution in [0.25, 0.3) is 0 Å². The standard InChI is InChI=1S/C22H33N5O2/c1-18-23-14-20(24-18)16-26(13-12-25(2)3)15-19-6-8-21(9-7-19)29-17-22(28)27-10-4-5-11-27/h6-9,14H,4-5,10-13,15-17H2,1-3H3,(H,23,24). The summed E-state index contributed by atoms with van der Waals surface area (Å²) in [6.45, 7) is 7.45. The third-order valence-corrected chi connectivity index (χ3v) is 5.16. The van der Waals surface area contributed by atoms with Crippen LogP contribution in [0.15, 0.2) is 30.5 Å². The molecule has 1 aliphatic heterocycles. The summed E-state index contributed by atoms with van der Waals surface area (Å²) in [6, 6.07) is 8.07. The Morgan fingerprint density at radius 2 is 1.86 bits per heavy atom. The van der Waals surface area contributed by atoms with Crippen molar-refractivity contribution in [2.75, 3.05) is 46.9 Å². The van der Waals surface area contributed by atoms with Crippen LogP contribution in [-0.4, -0.2) is 77.5 Å². The molecule has 0 saturated carbocycles. The minimum atomic E-state index is 0.0799. The van der Waals surface area contributed by atoms with E-state index in [-0.39, 0.29) is 12.5 Å². The zero-order valence-electron chi connectivity index (χ0n) is 17.9. The summed E-state index contributed by atoms with van der Waals surface area (Å²) in [6.07, 6.45) is 4.11. The monoisotopic (exact) mass is 399 g/mol. The quantitative estimate of drug-likeness (QED) is 0.664. The number of aryl methyl sites for hydroxylation is 1. The van der Waals surface area contributed by atoms with Gasteiger partial charge in [-0.15, -0.1) is 0 Å². The number of hydrogen-bond acceptors (Lipinski definition) is 5. The zero-order valence-corrected chi connectivity index (χ0v) is 17.9. The number of aromatic nitrogens is 2. The van der Waals surface area contributed by atoms with Gasteiger partial charge in [0.25, 0.3) is 5.91 Å². The van der Waals surface area contributed by atoms with Crippen LogP contribution in [0.5, 0.6) is 5.75 Å². The second kappa shape index (κ2) is 10.4. The van der Waals surface area contributed by atoms with Gasteiger partial charge >= 0.3 is 0 Å². The van der Waals surface area contributed by atoms with Gasteiger partial charge in [0.15, 0.2) is 6.61 Å². The number of rotatable bonds is 10. The van der Waals surface area contributed by atoms with Crippen LogP contribution in [0.2, 0.25) is 0 Å². The largest absolute Gasteiger partial charge is 0.484 e. The Balaban J connectivity index is 1.53. The van der Waals surface area contributed by atoms with E-state index in [1.54, 1.807) is 0 Å². The molecule has 2 aromatic rings. The highest BCUT2D eigenvalue weighted by molar-refractivity contribution is 5.78. The topological polar surface area (TPSA) is 64.7 Å². The number of imidazole rings is 1. The number of nitrogens with zero attached hydrogens (tertiary/aromatic N) is 4. The molecule has 1 aromatic heterocycles. The smallest absolute Gasteiger partial charge is 0.260 e. The highest BCUT2D eigenvalue weighted by Gasteiger charge is 2.18. The molecule has 7 heteroatoms. The van der Waals surface area contributed by atoms with Crippen molar-refractivity contribution in [1.29, 1.82) is 0 Å². The molecule has 1 aromatic carbocycles. The second-order valence-electron chi connectivity index (χ2n) is 8.03. The Hall–Kier alpha value is -2.38. The van der Waals surface area contributed by atoms with E-state index in [0.717, 1.165) is 69.4 Å². The number of carbonyl (C=O) groups excluding carboxylic acids is 1. The molecular formula is C22H33N5O2. The molecule has 0 unspecified atom stereocenters. The molecule has 0 bridgehead atoms. The fraction of sp³-hybridized carbons (Fsp3) is 0.545. The van der Waals surface area contributed by atoms with E-state index in [2.05, 4.69) is 46.0 Å². The van der Waals surface area contributed by atoms with Crippen LogP contribution in [0.4, 0.5) is 0 Å². The van der Waals surface area contributed by atoms with Gasteiger partial charge in [-0.2, -0.15) is 0 Å². The van der Waals surface area contributed by atoms with Crippen LogP contribution >= 0.6 is 0 Å². The van der Waals surface area contributed by atoms with Crippen LogP contribution in [-0.2, 0) is 17.9 Å². The van der Waals surface area contributed by atoms with Crippen molar-refractivity contribution in [2.24, 2.45) is 0 Å². The van der Waals surface area contributed by atoms with Crippen molar-refractivity contribution in [2.45, 2.75) is 32.9 Å². The first-order chi connectivity index (χ1) is 14.0. The van der Waals surface area contributed by atoms with Gasteiger partial charge in [-0.1, -0.05) is 12.1 Å². The number of likely N-dealkylation sites (N-methyl/N-ethyl adjacent to an activating group) is 1. The van der Waals surface area contributed by atoms with Crippen molar-refractivity contribution in [3.8, 4) is 5.75 Å². The fourth-order valence-corrected chi connectivity index (χ4v) is 3.50. The summed E-state index contributed by atoms with van der Waals surface area (Å²) >= 11 is 0. The van der Waals surface area contributed by atoms with Gasteiger partial charge in [-0.05, 0) is 51.6 Å². The average molecular weight is 400 g/mol. The highest BCUT2D eigenvalue weighted by Crippen LogP contribution is 2.16. The first kappa shape index (κ1) is 21.3. The van der Waals surface area contributed by atoms with E-state index in [9.17, 15) is 4.79 Å². The maximum Gasteiger partial charge on any atom is 0.260 e. The molecule has 0 radical (unpaired) electrons. The predicted octanol–water partition coefficient (Wildman–Crippen LogP) is 2.28. The summed E-state index contributed by atoms with van der Waals surface area (Å²) in [4.78, 5) is 26.2. The van der Waals surface area contributed by atoms with Crippen molar-refractivity contribution in [3.63, 3.8) is 0 Å². The SMILES string of the molecule is Cc1ncc(CN(CCN(C)C)Cc2ccc(OCC(=O)N3CCCC3)cc2)[nH]1. The van der Waals surface area contributed by atoms with E-state index >= 15 is 0 Å². The lowest BCUT2D eigenvalue weighted by Crippen LogP contribution is -2.32. The van der Waals surface area contributed by atoms with E-state index in [1.165, 1.54) is 5.56 Å². The Kier molecular flexibility index (Phi) is 7.66. The Morgan fingerprint density at radius 3 is 2.48 bits per heavy atom. The van der Waals surface area contributed by atoms with Crippen molar-refractivity contribution in [3.05, 3.63) is 47.5 Å². The van der Waals surface area contributed by atoms with Gasteiger partial charge in [0.1, 0.15) is 11.6 Å². The number of ether oxygens (including phenoxy) is 1. The first-order valence-electron chi connectivity index (χ1n) is 10.4. The third kappa shape index (κ3) is 6.87. The summed E-state index contributed by atoms with van der Waals surface area (Å²) < 4.78 is 5.69. The maximum atomic E-state index is 12.1. The molecule has 7 nitrogen and oxygen atoms in total. The Bertz CT molecular complexity index is 766. The molecule has 2 heterocycles. The third-order valence-electron chi connectivity index (χ3n) is 5.16. The molecule has 1 aliphatic rings. The molecule has 1 N–H and O–H groups in total.